The van der Waals surface area contributed by atoms with Crippen molar-refractivity contribution in [1.82, 2.24) is 34.8 Å². The number of hydrogen-bond donors (Lipinski definition) is 2. The Morgan fingerprint density at radius 3 is 2.64 bits per heavy atom. The van der Waals surface area contributed by atoms with Crippen LogP contribution >= 0.6 is 0 Å². The predicted octanol–water partition coefficient (Wildman–Crippen LogP) is 3.17. The summed E-state index contributed by atoms with van der Waals surface area (Å²) in [5.41, 5.74) is 3.42. The molecule has 0 spiro atoms. The Hall–Kier alpha value is -3.72. The van der Waals surface area contributed by atoms with Crippen molar-refractivity contribution in [2.45, 2.75) is 51.2 Å². The van der Waals surface area contributed by atoms with Crippen molar-refractivity contribution in [3.63, 3.8) is 0 Å². The lowest BCUT2D eigenvalue weighted by Gasteiger charge is -2.32. The first-order chi connectivity index (χ1) is 16.1. The van der Waals surface area contributed by atoms with E-state index in [1.54, 1.807) is 37.2 Å². The summed E-state index contributed by atoms with van der Waals surface area (Å²) in [5, 5.41) is 7.45. The van der Waals surface area contributed by atoms with Gasteiger partial charge in [0, 0.05) is 53.7 Å². The van der Waals surface area contributed by atoms with Gasteiger partial charge in [-0.3, -0.25) is 14.8 Å². The quantitative estimate of drug-likeness (QED) is 0.488. The second-order valence-electron chi connectivity index (χ2n) is 8.65. The van der Waals surface area contributed by atoms with E-state index < -0.39 is 0 Å². The van der Waals surface area contributed by atoms with Crippen LogP contribution in [-0.4, -0.2) is 47.5 Å². The number of fused-ring (bicyclic) bond motifs is 1. The molecule has 2 N–H and O–H groups in total. The molecule has 1 amide bonds. The molecular weight excluding hydrogens is 416 g/mol. The molecule has 33 heavy (non-hydrogen) atoms. The van der Waals surface area contributed by atoms with Gasteiger partial charge >= 0.3 is 0 Å². The Bertz CT molecular complexity index is 1240. The molecule has 168 valence electrons. The van der Waals surface area contributed by atoms with E-state index in [1.165, 1.54) is 0 Å². The fourth-order valence-electron chi connectivity index (χ4n) is 4.68. The largest absolute Gasteiger partial charge is 0.323 e. The topological polar surface area (TPSA) is 111 Å². The monoisotopic (exact) mass is 442 g/mol. The average molecular weight is 443 g/mol. The van der Waals surface area contributed by atoms with Crippen LogP contribution in [0.5, 0.6) is 0 Å². The van der Waals surface area contributed by atoms with Crippen molar-refractivity contribution in [1.29, 1.82) is 0 Å². The van der Waals surface area contributed by atoms with Gasteiger partial charge in [0.15, 0.2) is 0 Å². The molecule has 0 radical (unpaired) electrons. The maximum Gasteiger partial charge on any atom is 0.245 e. The number of rotatable bonds is 5. The number of anilines is 1. The molecule has 5 heterocycles. The number of pyridine rings is 1. The van der Waals surface area contributed by atoms with Gasteiger partial charge in [-0.15, -0.1) is 0 Å². The fourth-order valence-corrected chi connectivity index (χ4v) is 4.68. The van der Waals surface area contributed by atoms with Crippen LogP contribution in [0, 0.1) is 0 Å². The van der Waals surface area contributed by atoms with E-state index in [9.17, 15) is 4.79 Å². The van der Waals surface area contributed by atoms with Crippen LogP contribution in [0.1, 0.15) is 38.3 Å². The number of piperidine rings is 1. The minimum atomic E-state index is -0.170. The Balaban J connectivity index is 1.30. The minimum Gasteiger partial charge on any atom is -0.323 e. The lowest BCUT2D eigenvalue weighted by atomic mass is 9.85. The first-order valence-electron chi connectivity index (χ1n) is 11.1. The summed E-state index contributed by atoms with van der Waals surface area (Å²) in [7, 11) is 0. The number of hydrogen-bond acceptors (Lipinski definition) is 7. The van der Waals surface area contributed by atoms with Gasteiger partial charge in [-0.2, -0.15) is 0 Å². The third-order valence-electron chi connectivity index (χ3n) is 6.02. The number of nitrogens with zero attached hydrogens (tertiary/aromatic N) is 6. The van der Waals surface area contributed by atoms with Gasteiger partial charge < -0.3 is 15.2 Å². The third kappa shape index (κ3) is 4.58. The average Bonchev–Trinajstić information content (AvgIpc) is 3.22. The van der Waals surface area contributed by atoms with Crippen LogP contribution in [0.3, 0.4) is 0 Å². The standard InChI is InChI=1S/C24H26N8O/c1-15-9-18(10-16(2)30-15)23-19-5-8-32(24(19)29-14-28-23)13-22(33)31-21-4-3-17(11-27-21)20-12-25-6-7-26-20/h3-8,11-12,14-16,18,30H,9-10,13H2,1-2H3,(H,27,31,33). The van der Waals surface area contributed by atoms with Crippen LogP contribution < -0.4 is 10.6 Å². The van der Waals surface area contributed by atoms with Crippen LogP contribution in [0.15, 0.2) is 55.5 Å². The molecule has 0 aliphatic carbocycles. The third-order valence-corrected chi connectivity index (χ3v) is 6.02. The minimum absolute atomic E-state index is 0.145. The van der Waals surface area contributed by atoms with Gasteiger partial charge in [0.25, 0.3) is 0 Å². The molecule has 1 aliphatic rings. The SMILES string of the molecule is CC1CC(c2ncnc3c2ccn3CC(=O)Nc2ccc(-c3cnccn3)cn2)CC(C)N1. The van der Waals surface area contributed by atoms with Gasteiger partial charge in [-0.25, -0.2) is 15.0 Å². The Labute approximate surface area is 191 Å². The zero-order chi connectivity index (χ0) is 22.8. The molecule has 1 fully saturated rings. The molecule has 5 rings (SSSR count). The molecule has 4 aromatic rings. The highest BCUT2D eigenvalue weighted by atomic mass is 16.2. The summed E-state index contributed by atoms with van der Waals surface area (Å²) >= 11 is 0. The van der Waals surface area contributed by atoms with Gasteiger partial charge in [0.05, 0.1) is 17.6 Å². The van der Waals surface area contributed by atoms with Crippen LogP contribution in [0.25, 0.3) is 22.3 Å². The van der Waals surface area contributed by atoms with Crippen molar-refractivity contribution in [2.24, 2.45) is 0 Å². The van der Waals surface area contributed by atoms with Crippen molar-refractivity contribution in [3.8, 4) is 11.3 Å². The van der Waals surface area contributed by atoms with Crippen LogP contribution in [0.4, 0.5) is 5.82 Å². The van der Waals surface area contributed by atoms with Crippen LogP contribution in [0.2, 0.25) is 0 Å². The normalized spacial score (nSPS) is 20.6. The van der Waals surface area contributed by atoms with Crippen molar-refractivity contribution < 1.29 is 4.79 Å². The number of nitrogens with one attached hydrogen (secondary N) is 2. The summed E-state index contributed by atoms with van der Waals surface area (Å²) in [6.07, 6.45) is 12.2. The Kier molecular flexibility index (Phi) is 5.78. The molecule has 0 saturated carbocycles. The summed E-state index contributed by atoms with van der Waals surface area (Å²) in [6.45, 7) is 4.57. The molecule has 1 aliphatic heterocycles. The summed E-state index contributed by atoms with van der Waals surface area (Å²) < 4.78 is 1.86. The van der Waals surface area contributed by atoms with Gasteiger partial charge in [-0.1, -0.05) is 0 Å². The molecule has 4 aromatic heterocycles. The first-order valence-corrected chi connectivity index (χ1v) is 11.1. The predicted molar refractivity (Wildman–Crippen MR) is 125 cm³/mol. The molecule has 9 heteroatoms. The fraction of sp³-hybridized carbons (Fsp3) is 0.333. The van der Waals surface area contributed by atoms with Gasteiger partial charge in [0.1, 0.15) is 24.3 Å². The maximum absolute atomic E-state index is 12.7. The highest BCUT2D eigenvalue weighted by Crippen LogP contribution is 2.33. The van der Waals surface area contributed by atoms with E-state index in [2.05, 4.69) is 49.4 Å². The molecule has 9 nitrogen and oxygen atoms in total. The summed E-state index contributed by atoms with van der Waals surface area (Å²) in [4.78, 5) is 34.5. The van der Waals surface area contributed by atoms with Gasteiger partial charge in [0.2, 0.25) is 5.91 Å². The van der Waals surface area contributed by atoms with E-state index in [4.69, 9.17) is 0 Å². The lowest BCUT2D eigenvalue weighted by molar-refractivity contribution is -0.116. The molecule has 0 bridgehead atoms. The summed E-state index contributed by atoms with van der Waals surface area (Å²) in [6, 6.07) is 6.53. The number of aromatic nitrogens is 6. The maximum atomic E-state index is 12.7. The number of carbonyl (C=O) groups excluding carboxylic acids is 1. The first kappa shape index (κ1) is 21.1. The van der Waals surface area contributed by atoms with E-state index in [0.29, 0.717) is 23.8 Å². The highest BCUT2D eigenvalue weighted by Gasteiger charge is 2.27. The number of amides is 1. The number of carbonyl (C=O) groups is 1. The molecule has 1 saturated heterocycles. The Morgan fingerprint density at radius 1 is 1.06 bits per heavy atom. The van der Waals surface area contributed by atoms with E-state index in [0.717, 1.165) is 40.8 Å². The van der Waals surface area contributed by atoms with E-state index in [-0.39, 0.29) is 12.5 Å². The van der Waals surface area contributed by atoms with Gasteiger partial charge in [-0.05, 0) is 44.9 Å². The zero-order valence-corrected chi connectivity index (χ0v) is 18.6. The van der Waals surface area contributed by atoms with E-state index >= 15 is 0 Å². The molecule has 0 aromatic carbocycles. The summed E-state index contributed by atoms with van der Waals surface area (Å²) in [5.74, 6) is 0.692. The highest BCUT2D eigenvalue weighted by molar-refractivity contribution is 5.91. The zero-order valence-electron chi connectivity index (χ0n) is 18.6. The van der Waals surface area contributed by atoms with Crippen LogP contribution in [-0.2, 0) is 11.3 Å². The van der Waals surface area contributed by atoms with Crippen molar-refractivity contribution in [2.75, 3.05) is 5.32 Å². The second kappa shape index (κ2) is 9.03. The Morgan fingerprint density at radius 2 is 1.91 bits per heavy atom. The lowest BCUT2D eigenvalue weighted by Crippen LogP contribution is -2.41. The van der Waals surface area contributed by atoms with Crippen molar-refractivity contribution in [3.05, 3.63) is 61.2 Å². The van der Waals surface area contributed by atoms with E-state index in [1.807, 2.05) is 22.9 Å². The molecule has 2 unspecified atom stereocenters. The van der Waals surface area contributed by atoms with Crippen molar-refractivity contribution >= 4 is 22.8 Å². The molecular formula is C24H26N8O. The molecule has 2 atom stereocenters. The second-order valence-corrected chi connectivity index (χ2v) is 8.65. The smallest absolute Gasteiger partial charge is 0.245 e.